The zero-order chi connectivity index (χ0) is 16.4. The molecule has 6 nitrogen and oxygen atoms in total. The summed E-state index contributed by atoms with van der Waals surface area (Å²) in [5.74, 6) is -3.11. The molecule has 21 heavy (non-hydrogen) atoms. The summed E-state index contributed by atoms with van der Waals surface area (Å²) < 4.78 is 26.9. The number of anilines is 1. The van der Waals surface area contributed by atoms with E-state index < -0.39 is 45.4 Å². The van der Waals surface area contributed by atoms with Gasteiger partial charge in [-0.25, -0.2) is 8.78 Å². The molecule has 0 bridgehead atoms. The van der Waals surface area contributed by atoms with Gasteiger partial charge in [0.05, 0.1) is 4.92 Å². The van der Waals surface area contributed by atoms with Gasteiger partial charge in [0.15, 0.2) is 17.3 Å². The van der Waals surface area contributed by atoms with E-state index in [-0.39, 0.29) is 0 Å². The minimum atomic E-state index is -1.39. The molecule has 8 heteroatoms. The fourth-order valence-corrected chi connectivity index (χ4v) is 1.59. The molecule has 0 aliphatic rings. The number of rotatable bonds is 4. The number of nitro groups is 1. The number of nitrogens with zero attached hydrogens (tertiary/aromatic N) is 1. The third-order valence-corrected chi connectivity index (χ3v) is 2.52. The highest BCUT2D eigenvalue weighted by Crippen LogP contribution is 2.29. The van der Waals surface area contributed by atoms with Gasteiger partial charge < -0.3 is 10.6 Å². The van der Waals surface area contributed by atoms with Crippen LogP contribution in [0, 0.1) is 21.7 Å². The largest absolute Gasteiger partial charge is 0.366 e. The van der Waals surface area contributed by atoms with Crippen molar-refractivity contribution < 1.29 is 18.5 Å². The fourth-order valence-electron chi connectivity index (χ4n) is 1.59. The third kappa shape index (κ3) is 4.37. The maximum atomic E-state index is 13.7. The van der Waals surface area contributed by atoms with Crippen LogP contribution in [0.25, 0.3) is 0 Å². The topological polar surface area (TPSA) is 84.3 Å². The molecule has 1 rings (SSSR count). The average molecular weight is 301 g/mol. The van der Waals surface area contributed by atoms with E-state index in [4.69, 9.17) is 0 Å². The molecule has 0 heterocycles. The second-order valence-electron chi connectivity index (χ2n) is 5.62. The predicted octanol–water partition coefficient (Wildman–Crippen LogP) is 2.59. The van der Waals surface area contributed by atoms with Crippen LogP contribution in [0.4, 0.5) is 20.2 Å². The smallest absolute Gasteiger partial charge is 0.295 e. The Labute approximate surface area is 120 Å². The van der Waals surface area contributed by atoms with Gasteiger partial charge in [0.2, 0.25) is 5.91 Å². The molecule has 0 spiro atoms. The summed E-state index contributed by atoms with van der Waals surface area (Å²) in [7, 11) is 0. The van der Waals surface area contributed by atoms with Crippen LogP contribution in [0.2, 0.25) is 0 Å². The molecule has 1 amide bonds. The van der Waals surface area contributed by atoms with Gasteiger partial charge in [-0.15, -0.1) is 0 Å². The van der Waals surface area contributed by atoms with Gasteiger partial charge in [-0.05, 0) is 33.8 Å². The van der Waals surface area contributed by atoms with Gasteiger partial charge in [0.1, 0.15) is 6.04 Å². The summed E-state index contributed by atoms with van der Waals surface area (Å²) in [6, 6.07) is 0.535. The number of benzene rings is 1. The lowest BCUT2D eigenvalue weighted by Crippen LogP contribution is -2.47. The van der Waals surface area contributed by atoms with Crippen LogP contribution in [0.1, 0.15) is 27.7 Å². The van der Waals surface area contributed by atoms with E-state index in [1.165, 1.54) is 6.92 Å². The van der Waals surface area contributed by atoms with Crippen LogP contribution in [-0.2, 0) is 4.79 Å². The maximum absolute atomic E-state index is 13.7. The Bertz CT molecular complexity index is 571. The predicted molar refractivity (Wildman–Crippen MR) is 74.0 cm³/mol. The lowest BCUT2D eigenvalue weighted by Gasteiger charge is -2.24. The summed E-state index contributed by atoms with van der Waals surface area (Å²) in [6.45, 7) is 6.66. The highest BCUT2D eigenvalue weighted by atomic mass is 19.2. The van der Waals surface area contributed by atoms with Crippen molar-refractivity contribution in [2.24, 2.45) is 0 Å². The van der Waals surface area contributed by atoms with Crippen LogP contribution >= 0.6 is 0 Å². The number of nitrogens with one attached hydrogen (secondary N) is 2. The number of amides is 1. The molecule has 1 aromatic carbocycles. The van der Waals surface area contributed by atoms with Crippen molar-refractivity contribution >= 4 is 17.3 Å². The minimum Gasteiger partial charge on any atom is -0.366 e. The summed E-state index contributed by atoms with van der Waals surface area (Å²) in [5, 5.41) is 15.8. The van der Waals surface area contributed by atoms with Gasteiger partial charge >= 0.3 is 0 Å². The zero-order valence-corrected chi connectivity index (χ0v) is 12.2. The van der Waals surface area contributed by atoms with Gasteiger partial charge in [-0.2, -0.15) is 0 Å². The molecule has 0 aromatic heterocycles. The minimum absolute atomic E-state index is 0.486. The molecule has 0 aliphatic heterocycles. The van der Waals surface area contributed by atoms with Crippen LogP contribution in [0.3, 0.4) is 0 Å². The lowest BCUT2D eigenvalue weighted by atomic mass is 10.1. The van der Waals surface area contributed by atoms with E-state index in [2.05, 4.69) is 10.6 Å². The van der Waals surface area contributed by atoms with E-state index >= 15 is 0 Å². The van der Waals surface area contributed by atoms with Gasteiger partial charge in [-0.1, -0.05) is 0 Å². The zero-order valence-electron chi connectivity index (χ0n) is 12.2. The Hall–Kier alpha value is -2.25. The molecule has 0 radical (unpaired) electrons. The first-order valence-electron chi connectivity index (χ1n) is 6.24. The van der Waals surface area contributed by atoms with Gasteiger partial charge in [-0.3, -0.25) is 14.9 Å². The summed E-state index contributed by atoms with van der Waals surface area (Å²) in [5.41, 5.74) is -1.79. The molecular weight excluding hydrogens is 284 g/mol. The summed E-state index contributed by atoms with van der Waals surface area (Å²) >= 11 is 0. The first-order chi connectivity index (χ1) is 9.53. The average Bonchev–Trinajstić information content (AvgIpc) is 2.32. The molecule has 1 atom stereocenters. The Balaban J connectivity index is 3.04. The van der Waals surface area contributed by atoms with E-state index in [9.17, 15) is 23.7 Å². The Morgan fingerprint density at radius 1 is 1.33 bits per heavy atom. The highest BCUT2D eigenvalue weighted by Gasteiger charge is 2.26. The first-order valence-corrected chi connectivity index (χ1v) is 6.24. The number of hydrogen-bond donors (Lipinski definition) is 2. The maximum Gasteiger partial charge on any atom is 0.295 e. The summed E-state index contributed by atoms with van der Waals surface area (Å²) in [6.07, 6.45) is 0. The second-order valence-corrected chi connectivity index (χ2v) is 5.62. The SMILES string of the molecule is CC(Nc1c([N+](=O)[O-])ccc(F)c1F)C(=O)NC(C)(C)C. The monoisotopic (exact) mass is 301 g/mol. The van der Waals surface area contributed by atoms with Crippen molar-refractivity contribution in [3.8, 4) is 0 Å². The number of nitro benzene ring substituents is 1. The highest BCUT2D eigenvalue weighted by molar-refractivity contribution is 5.85. The van der Waals surface area contributed by atoms with Crippen LogP contribution in [0.15, 0.2) is 12.1 Å². The van der Waals surface area contributed by atoms with Crippen molar-refractivity contribution in [2.45, 2.75) is 39.3 Å². The second kappa shape index (κ2) is 6.02. The van der Waals surface area contributed by atoms with E-state index in [1.807, 2.05) is 0 Å². The Morgan fingerprint density at radius 3 is 2.38 bits per heavy atom. The van der Waals surface area contributed by atoms with Crippen LogP contribution in [0.5, 0.6) is 0 Å². The number of hydrogen-bond acceptors (Lipinski definition) is 4. The fraction of sp³-hybridized carbons (Fsp3) is 0.462. The standard InChI is InChI=1S/C13H17F2N3O3/c1-7(12(19)17-13(2,3)4)16-11-9(18(20)21)6-5-8(14)10(11)15/h5-7,16H,1-4H3,(H,17,19). The molecule has 0 aliphatic carbocycles. The normalized spacial score (nSPS) is 12.7. The van der Waals surface area contributed by atoms with Crippen LogP contribution in [-0.4, -0.2) is 22.4 Å². The number of carbonyl (C=O) groups is 1. The van der Waals surface area contributed by atoms with E-state index in [0.29, 0.717) is 6.07 Å². The molecular formula is C13H17F2N3O3. The van der Waals surface area contributed by atoms with Crippen LogP contribution < -0.4 is 10.6 Å². The first kappa shape index (κ1) is 16.8. The van der Waals surface area contributed by atoms with Gasteiger partial charge in [0, 0.05) is 11.6 Å². The molecule has 116 valence electrons. The van der Waals surface area contributed by atoms with Crippen molar-refractivity contribution in [2.75, 3.05) is 5.32 Å². The van der Waals surface area contributed by atoms with Gasteiger partial charge in [0.25, 0.3) is 5.69 Å². The summed E-state index contributed by atoms with van der Waals surface area (Å²) in [4.78, 5) is 21.9. The van der Waals surface area contributed by atoms with E-state index in [0.717, 1.165) is 6.07 Å². The van der Waals surface area contributed by atoms with Crippen molar-refractivity contribution in [3.63, 3.8) is 0 Å². The molecule has 0 saturated heterocycles. The number of halogens is 2. The van der Waals surface area contributed by atoms with E-state index in [1.54, 1.807) is 20.8 Å². The third-order valence-electron chi connectivity index (χ3n) is 2.52. The molecule has 0 fully saturated rings. The lowest BCUT2D eigenvalue weighted by molar-refractivity contribution is -0.384. The molecule has 1 aromatic rings. The molecule has 2 N–H and O–H groups in total. The van der Waals surface area contributed by atoms with Crippen molar-refractivity contribution in [3.05, 3.63) is 33.9 Å². The molecule has 1 unspecified atom stereocenters. The Kier molecular flexibility index (Phi) is 4.82. The number of carbonyl (C=O) groups excluding carboxylic acids is 1. The Morgan fingerprint density at radius 2 is 1.90 bits per heavy atom. The molecule has 0 saturated carbocycles. The quantitative estimate of drug-likeness (QED) is 0.661. The van der Waals surface area contributed by atoms with Crippen molar-refractivity contribution in [1.82, 2.24) is 5.32 Å². The van der Waals surface area contributed by atoms with Crippen molar-refractivity contribution in [1.29, 1.82) is 0 Å².